The van der Waals surface area contributed by atoms with E-state index in [4.69, 9.17) is 19.5 Å². The fourth-order valence-corrected chi connectivity index (χ4v) is 11.5. The van der Waals surface area contributed by atoms with Gasteiger partial charge in [0.1, 0.15) is 22.7 Å². The molecule has 14 heteroatoms. The van der Waals surface area contributed by atoms with E-state index in [1.54, 1.807) is 12.1 Å². The minimum atomic E-state index is -1.41. The Morgan fingerprint density at radius 1 is 0.686 bits per heavy atom. The molecule has 0 amide bonds. The summed E-state index contributed by atoms with van der Waals surface area (Å²) in [4.78, 5) is 64.8. The average Bonchev–Trinajstić information content (AvgIpc) is 4.03. The molecule has 0 spiro atoms. The Balaban J connectivity index is 0.000000160. The lowest BCUT2D eigenvalue weighted by atomic mass is 9.82. The summed E-state index contributed by atoms with van der Waals surface area (Å²) in [5.74, 6) is 2.56. The van der Waals surface area contributed by atoms with Gasteiger partial charge < -0.3 is 29.5 Å². The number of fused-ring (bicyclic) bond motifs is 6. The molecule has 0 radical (unpaired) electrons. The van der Waals surface area contributed by atoms with Crippen LogP contribution in [0.15, 0.2) is 87.1 Å². The second-order valence-electron chi connectivity index (χ2n) is 20.1. The standard InChI is InChI=1S/C28H30N2O3.C22H24BrNO3.C6H8BNO2/c1-16-12-18(3)30-27(32)21(16)9-10-25(31)20-13-22(19-8-7-17(2)29-15-19)26-23(14-20)24-6-5-11-28(24,4)33-26;1-12-9-13(2)24-21(26)15(12)6-7-19(25)14-10-16-17-5-4-8-22(17,3)27-20(16)18(23)11-14;1-5-2-3-6(4-8-5)7(9)10/h7-8,12-15,24H,5-6,9-11H2,1-4H3,(H,30,32);9-11,17H,4-8H2,1-3H3,(H,24,26);2-4,9-10H,1H3/t24-,28-;17-,22-;/m00./s1. The van der Waals surface area contributed by atoms with Gasteiger partial charge in [0.2, 0.25) is 0 Å². The molecule has 6 heterocycles. The molecule has 0 bridgehead atoms. The van der Waals surface area contributed by atoms with Gasteiger partial charge in [-0.1, -0.05) is 12.1 Å². The maximum atomic E-state index is 13.3. The van der Waals surface area contributed by atoms with Crippen molar-refractivity contribution in [2.45, 2.75) is 143 Å². The van der Waals surface area contributed by atoms with E-state index in [2.05, 4.69) is 49.7 Å². The Bertz CT molecular complexity index is 3100. The average molecular weight is 1010 g/mol. The van der Waals surface area contributed by atoms with Crippen molar-refractivity contribution in [3.63, 3.8) is 0 Å². The number of carbonyl (C=O) groups excluding carboxylic acids is 2. The first-order valence-corrected chi connectivity index (χ1v) is 25.1. The van der Waals surface area contributed by atoms with E-state index in [0.717, 1.165) is 111 Å². The highest BCUT2D eigenvalue weighted by Crippen LogP contribution is 2.57. The molecular formula is C56H62BBrN4O8. The number of Topliss-reactive ketones (excluding diaryl/α,β-unsaturated/α-hetero) is 2. The van der Waals surface area contributed by atoms with Crippen molar-refractivity contribution in [3.8, 4) is 22.6 Å². The Hall–Kier alpha value is -5.96. The van der Waals surface area contributed by atoms with Gasteiger partial charge in [-0.2, -0.15) is 0 Å². The number of benzene rings is 2. The van der Waals surface area contributed by atoms with Crippen LogP contribution in [-0.4, -0.2) is 59.9 Å². The number of aromatic amines is 2. The number of carbonyl (C=O) groups is 2. The molecule has 4 aliphatic rings. The highest BCUT2D eigenvalue weighted by Gasteiger charge is 2.50. The predicted octanol–water partition coefficient (Wildman–Crippen LogP) is 9.65. The van der Waals surface area contributed by atoms with Crippen LogP contribution in [-0.2, 0) is 12.8 Å². The molecule has 4 atom stereocenters. The van der Waals surface area contributed by atoms with Crippen LogP contribution in [0.5, 0.6) is 11.5 Å². The van der Waals surface area contributed by atoms with Crippen molar-refractivity contribution in [2.75, 3.05) is 0 Å². The number of nitrogens with one attached hydrogen (secondary N) is 2. The first-order valence-electron chi connectivity index (χ1n) is 24.3. The monoisotopic (exact) mass is 1010 g/mol. The minimum Gasteiger partial charge on any atom is -0.486 e. The number of pyridine rings is 4. The summed E-state index contributed by atoms with van der Waals surface area (Å²) in [6, 6.07) is 19.2. The molecule has 2 aromatic carbocycles. The lowest BCUT2D eigenvalue weighted by molar-refractivity contribution is 0.0974. The third kappa shape index (κ3) is 10.5. The maximum Gasteiger partial charge on any atom is 0.490 e. The number of aromatic nitrogens is 4. The van der Waals surface area contributed by atoms with Crippen LogP contribution in [0.4, 0.5) is 0 Å². The van der Waals surface area contributed by atoms with Gasteiger partial charge in [0.25, 0.3) is 11.1 Å². The van der Waals surface area contributed by atoms with Crippen molar-refractivity contribution in [2.24, 2.45) is 0 Å². The zero-order valence-electron chi connectivity index (χ0n) is 41.3. The van der Waals surface area contributed by atoms with Crippen molar-refractivity contribution >= 4 is 40.1 Å². The second kappa shape index (κ2) is 20.4. The van der Waals surface area contributed by atoms with Gasteiger partial charge in [0, 0.05) is 110 Å². The zero-order valence-corrected chi connectivity index (χ0v) is 42.9. The fourth-order valence-electron chi connectivity index (χ4n) is 10.9. The van der Waals surface area contributed by atoms with Gasteiger partial charge in [-0.3, -0.25) is 29.1 Å². The molecule has 70 heavy (non-hydrogen) atoms. The molecule has 12 nitrogen and oxygen atoms in total. The van der Waals surface area contributed by atoms with Gasteiger partial charge in [-0.15, -0.1) is 0 Å². The molecular weight excluding hydrogens is 947 g/mol. The van der Waals surface area contributed by atoms with Crippen molar-refractivity contribution in [3.05, 3.63) is 166 Å². The van der Waals surface area contributed by atoms with Crippen LogP contribution in [0.1, 0.15) is 154 Å². The van der Waals surface area contributed by atoms with Crippen molar-refractivity contribution in [1.29, 1.82) is 0 Å². The highest BCUT2D eigenvalue weighted by molar-refractivity contribution is 9.10. The number of H-pyrrole nitrogens is 2. The summed E-state index contributed by atoms with van der Waals surface area (Å²) in [5, 5.41) is 17.3. The lowest BCUT2D eigenvalue weighted by Gasteiger charge is -2.23. The van der Waals surface area contributed by atoms with E-state index < -0.39 is 7.12 Å². The number of ether oxygens (including phenoxy) is 2. The summed E-state index contributed by atoms with van der Waals surface area (Å²) < 4.78 is 13.7. The number of hydrogen-bond acceptors (Lipinski definition) is 10. The molecule has 10 rings (SSSR count). The summed E-state index contributed by atoms with van der Waals surface area (Å²) in [5.41, 5.74) is 12.2. The molecule has 6 aromatic rings. The van der Waals surface area contributed by atoms with Crippen molar-refractivity contribution < 1.29 is 29.1 Å². The first-order chi connectivity index (χ1) is 33.2. The normalized spacial score (nSPS) is 20.1. The summed E-state index contributed by atoms with van der Waals surface area (Å²) in [6.45, 7) is 15.8. The second-order valence-corrected chi connectivity index (χ2v) is 20.9. The molecule has 2 aliphatic heterocycles. The predicted molar refractivity (Wildman–Crippen MR) is 277 cm³/mol. The molecule has 4 aromatic heterocycles. The number of hydrogen-bond donors (Lipinski definition) is 4. The van der Waals surface area contributed by atoms with Gasteiger partial charge in [0.05, 0.1) is 4.47 Å². The van der Waals surface area contributed by atoms with E-state index in [0.29, 0.717) is 65.2 Å². The number of nitrogens with zero attached hydrogens (tertiary/aromatic N) is 2. The molecule has 2 aliphatic carbocycles. The SMILES string of the molecule is Cc1cc(C)c(CCC(=O)c2cc(Br)c3c(c2)[C@@H]2CCC[C@]2(C)O3)c(=O)[nH]1.Cc1ccc(-c2cc(C(=O)CCc3c(C)cc(C)[nH]c3=O)cc3c2O[C@@]2(C)CCC[C@@H]32)cn1.Cc1ccc(B(O)O)cn1. The molecule has 0 saturated heterocycles. The number of aryl methyl sites for hydroxylation is 6. The van der Waals surface area contributed by atoms with Gasteiger partial charge in [-0.25, -0.2) is 0 Å². The Kier molecular flexibility index (Phi) is 14.7. The molecule has 364 valence electrons. The van der Waals surface area contributed by atoms with E-state index in [-0.39, 0.29) is 33.9 Å². The Labute approximate surface area is 418 Å². The maximum absolute atomic E-state index is 13.3. The lowest BCUT2D eigenvalue weighted by Crippen LogP contribution is -2.29. The van der Waals surface area contributed by atoms with Gasteiger partial charge in [0.15, 0.2) is 11.6 Å². The van der Waals surface area contributed by atoms with Crippen molar-refractivity contribution in [1.82, 2.24) is 19.9 Å². The van der Waals surface area contributed by atoms with Crippen LogP contribution in [0, 0.1) is 41.5 Å². The zero-order chi connectivity index (χ0) is 50.2. The number of ketones is 2. The summed E-state index contributed by atoms with van der Waals surface area (Å²) >= 11 is 3.59. The number of rotatable bonds is 10. The minimum absolute atomic E-state index is 0.0464. The molecule has 2 saturated carbocycles. The Morgan fingerprint density at radius 2 is 1.17 bits per heavy atom. The third-order valence-corrected chi connectivity index (χ3v) is 15.3. The van der Waals surface area contributed by atoms with Crippen LogP contribution < -0.4 is 26.1 Å². The molecule has 2 fully saturated rings. The third-order valence-electron chi connectivity index (χ3n) is 14.7. The van der Waals surface area contributed by atoms with E-state index in [9.17, 15) is 19.2 Å². The summed E-state index contributed by atoms with van der Waals surface area (Å²) in [6.07, 6.45) is 11.3. The Morgan fingerprint density at radius 3 is 1.64 bits per heavy atom. The van der Waals surface area contributed by atoms with E-state index in [1.807, 2.05) is 96.3 Å². The smallest absolute Gasteiger partial charge is 0.486 e. The highest BCUT2D eigenvalue weighted by atomic mass is 79.9. The van der Waals surface area contributed by atoms with Gasteiger partial charge in [-0.05, 0) is 182 Å². The van der Waals surface area contributed by atoms with E-state index >= 15 is 0 Å². The summed E-state index contributed by atoms with van der Waals surface area (Å²) in [7, 11) is -1.41. The topological polar surface area (TPSA) is 185 Å². The fraction of sp³-hybridized carbons (Fsp3) is 0.393. The van der Waals surface area contributed by atoms with E-state index in [1.165, 1.54) is 6.20 Å². The van der Waals surface area contributed by atoms with Crippen LogP contribution in [0.2, 0.25) is 0 Å². The molecule has 4 N–H and O–H groups in total. The van der Waals surface area contributed by atoms with Crippen LogP contribution in [0.3, 0.4) is 0 Å². The molecule has 0 unspecified atom stereocenters. The van der Waals surface area contributed by atoms with Gasteiger partial charge >= 0.3 is 7.12 Å². The van der Waals surface area contributed by atoms with Crippen LogP contribution in [0.25, 0.3) is 11.1 Å². The largest absolute Gasteiger partial charge is 0.490 e. The van der Waals surface area contributed by atoms with Crippen LogP contribution >= 0.6 is 15.9 Å². The number of halogens is 1. The quantitative estimate of drug-likeness (QED) is 0.0761. The first kappa shape index (κ1) is 50.4.